The molecule has 5 saturated carbocycles. The molecule has 0 radical (unpaired) electrons. The lowest BCUT2D eigenvalue weighted by Gasteiger charge is -2.70. The molecule has 21 rings (SSSR count). The highest BCUT2D eigenvalue weighted by Gasteiger charge is 2.69. The second kappa shape index (κ2) is 40.9. The molecule has 11 aliphatic rings. The molecule has 10 aromatic rings. The molecule has 3 atom stereocenters. The summed E-state index contributed by atoms with van der Waals surface area (Å²) in [7, 11) is 0. The predicted molar refractivity (Wildman–Crippen MR) is 527 cm³/mol. The lowest BCUT2D eigenvalue weighted by molar-refractivity contribution is -0.160. The van der Waals surface area contributed by atoms with Crippen molar-refractivity contribution in [1.29, 1.82) is 5.26 Å². The number of halogens is 15. The van der Waals surface area contributed by atoms with Crippen LogP contribution in [0.5, 0.6) is 0 Å². The minimum atomic E-state index is -4.29. The normalized spacial score (nSPS) is 22.6. The number of anilines is 3. The van der Waals surface area contributed by atoms with Crippen LogP contribution < -0.4 is 25.3 Å². The number of thiophene rings is 4. The summed E-state index contributed by atoms with van der Waals surface area (Å²) in [5, 5.41) is 19.5. The van der Waals surface area contributed by atoms with Crippen molar-refractivity contribution in [3.8, 4) is 6.07 Å². The number of ether oxygens (including phenoxy) is 3. The maximum Gasteiger partial charge on any atom is 0.410 e. The number of benzene rings is 1. The van der Waals surface area contributed by atoms with Crippen molar-refractivity contribution in [2.45, 2.75) is 284 Å². The summed E-state index contributed by atoms with van der Waals surface area (Å²) in [6.07, 6.45) is 1.12. The number of likely N-dealkylation sites (tertiary alicyclic amines) is 2. The van der Waals surface area contributed by atoms with Crippen molar-refractivity contribution in [3.05, 3.63) is 106 Å². The summed E-state index contributed by atoms with van der Waals surface area (Å²) in [5.41, 5.74) is 2.56. The molecule has 4 spiro atoms. The fourth-order valence-corrected chi connectivity index (χ4v) is 26.8. The largest absolute Gasteiger partial charge is 0.444 e. The molecule has 2 N–H and O–H groups in total. The zero-order valence-electron chi connectivity index (χ0n) is 80.9. The van der Waals surface area contributed by atoms with Crippen LogP contribution in [-0.4, -0.2) is 204 Å². The van der Waals surface area contributed by atoms with Gasteiger partial charge in [-0.1, -0.05) is 51.1 Å². The second-order valence-corrected chi connectivity index (χ2v) is 48.3. The molecule has 1 aromatic carbocycles. The first-order valence-electron chi connectivity index (χ1n) is 47.8. The molecular formula is C98H118Cl3F12N17O7S4. The lowest BCUT2D eigenvalue weighted by atomic mass is 9.39. The van der Waals surface area contributed by atoms with Gasteiger partial charge in [-0.25, -0.2) is 49.3 Å². The number of amides is 3. The number of alkyl halides is 12. The molecule has 6 aliphatic heterocycles. The predicted octanol–water partition coefficient (Wildman–Crippen LogP) is 25.3. The van der Waals surface area contributed by atoms with Crippen molar-refractivity contribution in [1.82, 2.24) is 64.9 Å². The second-order valence-electron chi connectivity index (χ2n) is 42.8. The zero-order valence-corrected chi connectivity index (χ0v) is 86.5. The summed E-state index contributed by atoms with van der Waals surface area (Å²) in [4.78, 5) is 95.5. The number of nitrogens with one attached hydrogen (secondary N) is 2. The summed E-state index contributed by atoms with van der Waals surface area (Å²) < 4.78 is 171. The number of rotatable bonds is 13. The maximum atomic E-state index is 12.9. The number of aromatic nitrogens is 9. The number of fused-ring (bicyclic) bond motifs is 5. The summed E-state index contributed by atoms with van der Waals surface area (Å²) >= 11 is 21.5. The Hall–Kier alpha value is -8.72. The van der Waals surface area contributed by atoms with Crippen LogP contribution in [0.4, 0.5) is 84.5 Å². The smallest absolute Gasteiger partial charge is 0.410 e. The first kappa shape index (κ1) is 107. The molecule has 24 nitrogen and oxygen atoms in total. The quantitative estimate of drug-likeness (QED) is 0.0357. The van der Waals surface area contributed by atoms with Gasteiger partial charge >= 0.3 is 43.0 Å². The van der Waals surface area contributed by atoms with Crippen LogP contribution in [0.25, 0.3) is 51.8 Å². The van der Waals surface area contributed by atoms with Gasteiger partial charge in [0.25, 0.3) is 0 Å². The van der Waals surface area contributed by atoms with Crippen molar-refractivity contribution in [2.24, 2.45) is 27.1 Å². The lowest BCUT2D eigenvalue weighted by Crippen LogP contribution is -2.75. The van der Waals surface area contributed by atoms with E-state index >= 15 is 0 Å². The van der Waals surface area contributed by atoms with Crippen LogP contribution in [0.15, 0.2) is 42.5 Å². The van der Waals surface area contributed by atoms with Crippen LogP contribution in [0.2, 0.25) is 15.7 Å². The first-order valence-corrected chi connectivity index (χ1v) is 52.2. The Bertz CT molecular complexity index is 6280. The van der Waals surface area contributed by atoms with E-state index in [9.17, 15) is 77.1 Å². The highest BCUT2D eigenvalue weighted by Crippen LogP contribution is 2.68. The molecule has 15 heterocycles. The van der Waals surface area contributed by atoms with Crippen LogP contribution >= 0.6 is 80.1 Å². The van der Waals surface area contributed by atoms with E-state index in [4.69, 9.17) is 54.0 Å². The van der Waals surface area contributed by atoms with Crippen molar-refractivity contribution in [3.63, 3.8) is 0 Å². The van der Waals surface area contributed by atoms with Gasteiger partial charge in [-0.05, 0) is 241 Å². The number of hydrogen-bond acceptors (Lipinski definition) is 24. The molecule has 141 heavy (non-hydrogen) atoms. The van der Waals surface area contributed by atoms with E-state index in [1.54, 1.807) is 47.6 Å². The van der Waals surface area contributed by atoms with Gasteiger partial charge < -0.3 is 53.9 Å². The van der Waals surface area contributed by atoms with Gasteiger partial charge in [-0.15, -0.1) is 45.3 Å². The van der Waals surface area contributed by atoms with Crippen molar-refractivity contribution in [2.75, 3.05) is 93.2 Å². The number of nitriles is 1. The van der Waals surface area contributed by atoms with E-state index in [2.05, 4.69) is 70.9 Å². The SMILES string of the molecule is C1CCC2(C1)CCCC2.CC(C)(C)OC(=O)N1CCC2(CCN(c3nc(Cl)nc4sc(CC(F)(F)F)cc34)C2)C1.CCc1nc(N2CCC3(CCN(C(=O)OC(C)(C)C)C3)C2)c2cc(CC(F)(F)F)sc2n1.CCc1nc(N2CCC3(CCNC3)C2)c2cc(CC(F)(F)F)sc2n1.Cc1c(C=O)ccc2c1cc(C#N)n2CC12CC(NC(=O)OC(C)(C)C)(C1)C2.FC(F)(F)Cc1cc2c(Cl)nc(Cl)nc2s1. The van der Waals surface area contributed by atoms with E-state index < -0.39 is 67.2 Å². The van der Waals surface area contributed by atoms with Crippen LogP contribution in [0.1, 0.15) is 238 Å². The Labute approximate surface area is 841 Å². The topological polar surface area (TPSA) is 268 Å². The molecule has 5 aliphatic carbocycles. The zero-order chi connectivity index (χ0) is 102. The number of aldehydes is 1. The van der Waals surface area contributed by atoms with Gasteiger partial charge in [0, 0.05) is 155 Å². The van der Waals surface area contributed by atoms with E-state index in [-0.39, 0.29) is 75.8 Å². The fraction of sp³-hybridized carbons (Fsp3) is 0.622. The van der Waals surface area contributed by atoms with E-state index in [1.165, 1.54) is 37.8 Å². The van der Waals surface area contributed by atoms with E-state index in [1.807, 2.05) is 101 Å². The Morgan fingerprint density at radius 2 is 0.872 bits per heavy atom. The number of nitrogens with zero attached hydrogens (tertiary/aromatic N) is 15. The molecular weight excluding hydrogens is 1990 g/mol. The molecule has 3 amide bonds. The highest BCUT2D eigenvalue weighted by atomic mass is 35.5. The Balaban J connectivity index is 0.000000132. The molecule has 2 bridgehead atoms. The minimum absolute atomic E-state index is 0.0191. The number of alkyl carbamates (subject to hydrolysis) is 1. The molecule has 766 valence electrons. The number of hydrogen-bond donors (Lipinski definition) is 2. The van der Waals surface area contributed by atoms with E-state index in [0.717, 1.165) is 182 Å². The van der Waals surface area contributed by atoms with Crippen molar-refractivity contribution >= 4 is 174 Å². The third kappa shape index (κ3) is 26.2. The average molecular weight is 2110 g/mol. The van der Waals surface area contributed by atoms with Gasteiger partial charge in [0.05, 0.1) is 41.8 Å². The number of carbonyl (C=O) groups is 4. The summed E-state index contributed by atoms with van der Waals surface area (Å²) in [6, 6.07) is 14.0. The average Bonchev–Trinajstić information content (AvgIpc) is 1.43. The molecule has 43 heteroatoms. The molecule has 11 fully saturated rings. The molecule has 9 aromatic heterocycles. The minimum Gasteiger partial charge on any atom is -0.444 e. The number of aryl methyl sites for hydroxylation is 3. The van der Waals surface area contributed by atoms with Gasteiger partial charge in [-0.2, -0.15) is 62.9 Å². The Morgan fingerprint density at radius 1 is 0.482 bits per heavy atom. The van der Waals surface area contributed by atoms with Crippen molar-refractivity contribution < 1.29 is 86.1 Å². The van der Waals surface area contributed by atoms with Crippen LogP contribution in [0, 0.1) is 45.3 Å². The van der Waals surface area contributed by atoms with Gasteiger partial charge in [0.1, 0.15) is 88.4 Å². The first-order chi connectivity index (χ1) is 65.9. The Kier molecular flexibility index (Phi) is 30.9. The number of carbonyl (C=O) groups excluding carboxylic acids is 4. The van der Waals surface area contributed by atoms with Crippen LogP contribution in [-0.2, 0) is 59.3 Å². The fourth-order valence-electron chi connectivity index (χ4n) is 21.8. The summed E-state index contributed by atoms with van der Waals surface area (Å²) in [5.74, 6) is 3.43. The van der Waals surface area contributed by atoms with Gasteiger partial charge in [0.2, 0.25) is 10.6 Å². The monoisotopic (exact) mass is 2110 g/mol. The summed E-state index contributed by atoms with van der Waals surface area (Å²) in [6.45, 7) is 32.4. The third-order valence-corrected chi connectivity index (χ3v) is 32.7. The molecule has 6 saturated heterocycles. The Morgan fingerprint density at radius 3 is 1.27 bits per heavy atom. The van der Waals surface area contributed by atoms with Crippen LogP contribution in [0.3, 0.4) is 0 Å². The highest BCUT2D eigenvalue weighted by molar-refractivity contribution is 7.19. The maximum absolute atomic E-state index is 12.9. The van der Waals surface area contributed by atoms with Gasteiger partial charge in [-0.3, -0.25) is 4.79 Å². The van der Waals surface area contributed by atoms with E-state index in [0.29, 0.717) is 134 Å². The van der Waals surface area contributed by atoms with Gasteiger partial charge in [0.15, 0.2) is 0 Å². The standard InChI is InChI=1S/C22H29F3N4O2S.C22H25N3O3.C20H24ClF3N4O2S.C17H21F3N4S.C9H16.C8H3Cl2F3N2S/c1-5-16-26-17(15-10-14(11-22(23,24)25)32-18(15)27-16)28-8-6-21(12-28)7-9-29(13-21)19(30)31-20(2,3)4;1-14-15(9-26)5-6-18-17(14)7-16(8-23)25(18)13-21-10-22(11-21,12-21)24-19(27)28-20(2,3)4;1-18(2,3)30-17(29)28-7-5-19(11-28)4-6-27(10-19)14-13-8-12(9-20(22,23)24)31-15(13)26-16(21)25-14;1-2-13-22-14(24-6-4-16(10-24)3-5-21-9-16)12-7-11(8-17(18,19)20)25-15(12)23-13;1-2-6-9(5-1)7-3-4-8-9;9-5-4-1-3(2-8(11,12)13)16-6(4)15-7(10)14-5/h10H,5-9,11-13H2,1-4H3;5-7,9H,10-13H2,1-4H3,(H,24,27);8H,4-7,9-11H2,1-3H3;7,21H,2-6,8-10H2,1H3;1-8H2;1H,2H2. The third-order valence-electron chi connectivity index (χ3n) is 27.9. The molecule has 3 unspecified atom stereocenters.